The molecule has 108 valence electrons. The van der Waals surface area contributed by atoms with E-state index in [2.05, 4.69) is 34.2 Å². The molecule has 3 rings (SSSR count). The van der Waals surface area contributed by atoms with Gasteiger partial charge in [-0.25, -0.2) is 14.6 Å². The number of aryl methyl sites for hydroxylation is 2. The highest BCUT2D eigenvalue weighted by Crippen LogP contribution is 2.29. The zero-order valence-corrected chi connectivity index (χ0v) is 13.1. The summed E-state index contributed by atoms with van der Waals surface area (Å²) >= 11 is 1.73. The van der Waals surface area contributed by atoms with Crippen LogP contribution in [0.15, 0.2) is 36.8 Å². The van der Waals surface area contributed by atoms with Crippen LogP contribution in [0.1, 0.15) is 28.5 Å². The number of pyridine rings is 1. The first-order valence-electron chi connectivity index (χ1n) is 6.80. The van der Waals surface area contributed by atoms with E-state index in [0.717, 1.165) is 22.2 Å². The Balaban J connectivity index is 1.90. The van der Waals surface area contributed by atoms with Gasteiger partial charge in [0.2, 0.25) is 0 Å². The minimum absolute atomic E-state index is 0.176. The summed E-state index contributed by atoms with van der Waals surface area (Å²) in [7, 11) is 0. The van der Waals surface area contributed by atoms with Gasteiger partial charge in [0.15, 0.2) is 5.82 Å². The predicted molar refractivity (Wildman–Crippen MR) is 85.0 cm³/mol. The number of hydrogen-bond donors (Lipinski definition) is 1. The molecule has 0 fully saturated rings. The maximum atomic E-state index is 4.49. The van der Waals surface area contributed by atoms with Gasteiger partial charge in [-0.3, -0.25) is 0 Å². The second kappa shape index (κ2) is 5.65. The Kier molecular flexibility index (Phi) is 3.70. The molecule has 0 saturated heterocycles. The fraction of sp³-hybridized carbons (Fsp3) is 0.267. The van der Waals surface area contributed by atoms with Gasteiger partial charge in [0.05, 0.1) is 22.4 Å². The standard InChI is InChI=1S/C15H17N5S/c1-10-14(21-12(3)18-10)11(2)19-13-6-4-7-16-15(13)20-9-5-8-17-20/h4-9,11,19H,1-3H3. The Morgan fingerprint density at radius 3 is 2.76 bits per heavy atom. The summed E-state index contributed by atoms with van der Waals surface area (Å²) in [4.78, 5) is 10.2. The van der Waals surface area contributed by atoms with Crippen LogP contribution in [-0.2, 0) is 0 Å². The molecule has 1 atom stereocenters. The Bertz CT molecular complexity index is 732. The Morgan fingerprint density at radius 2 is 2.10 bits per heavy atom. The van der Waals surface area contributed by atoms with Gasteiger partial charge in [0.25, 0.3) is 0 Å². The first-order chi connectivity index (χ1) is 10.1. The smallest absolute Gasteiger partial charge is 0.176 e. The molecule has 3 aromatic heterocycles. The molecule has 21 heavy (non-hydrogen) atoms. The quantitative estimate of drug-likeness (QED) is 0.801. The summed E-state index contributed by atoms with van der Waals surface area (Å²) in [5, 5.41) is 8.86. The Hall–Kier alpha value is -2.21. The highest BCUT2D eigenvalue weighted by Gasteiger charge is 2.15. The molecule has 5 nitrogen and oxygen atoms in total. The van der Waals surface area contributed by atoms with Crippen LogP contribution in [0.25, 0.3) is 5.82 Å². The monoisotopic (exact) mass is 299 g/mol. The van der Waals surface area contributed by atoms with Crippen molar-refractivity contribution in [3.8, 4) is 5.82 Å². The molecule has 0 aliphatic rings. The molecule has 0 spiro atoms. The van der Waals surface area contributed by atoms with Gasteiger partial charge in [-0.15, -0.1) is 11.3 Å². The molecule has 0 radical (unpaired) electrons. The van der Waals surface area contributed by atoms with Crippen molar-refractivity contribution < 1.29 is 0 Å². The average molecular weight is 299 g/mol. The number of nitrogens with zero attached hydrogens (tertiary/aromatic N) is 4. The van der Waals surface area contributed by atoms with E-state index in [-0.39, 0.29) is 6.04 Å². The predicted octanol–water partition coefficient (Wildman–Crippen LogP) is 3.51. The Morgan fingerprint density at radius 1 is 1.24 bits per heavy atom. The maximum Gasteiger partial charge on any atom is 0.176 e. The molecule has 3 aromatic rings. The van der Waals surface area contributed by atoms with Crippen molar-refractivity contribution in [2.45, 2.75) is 26.8 Å². The first-order valence-corrected chi connectivity index (χ1v) is 7.62. The van der Waals surface area contributed by atoms with E-state index >= 15 is 0 Å². The normalized spacial score (nSPS) is 12.3. The van der Waals surface area contributed by atoms with Crippen molar-refractivity contribution in [2.75, 3.05) is 5.32 Å². The van der Waals surface area contributed by atoms with Crippen LogP contribution in [0.2, 0.25) is 0 Å². The summed E-state index contributed by atoms with van der Waals surface area (Å²) in [5.41, 5.74) is 2.04. The van der Waals surface area contributed by atoms with Crippen LogP contribution in [0, 0.1) is 13.8 Å². The van der Waals surface area contributed by atoms with Crippen LogP contribution in [0.5, 0.6) is 0 Å². The number of anilines is 1. The zero-order valence-electron chi connectivity index (χ0n) is 12.2. The third-order valence-electron chi connectivity index (χ3n) is 3.21. The second-order valence-corrected chi connectivity index (χ2v) is 6.11. The maximum absolute atomic E-state index is 4.49. The van der Waals surface area contributed by atoms with Crippen molar-refractivity contribution in [2.24, 2.45) is 0 Å². The number of nitrogens with one attached hydrogen (secondary N) is 1. The van der Waals surface area contributed by atoms with E-state index in [0.29, 0.717) is 0 Å². The van der Waals surface area contributed by atoms with Gasteiger partial charge in [-0.2, -0.15) is 5.10 Å². The summed E-state index contributed by atoms with van der Waals surface area (Å²) in [6.45, 7) is 6.22. The lowest BCUT2D eigenvalue weighted by Crippen LogP contribution is -2.10. The highest BCUT2D eigenvalue weighted by molar-refractivity contribution is 7.11. The van der Waals surface area contributed by atoms with Gasteiger partial charge < -0.3 is 5.32 Å². The average Bonchev–Trinajstić information content (AvgIpc) is 3.09. The number of aromatic nitrogens is 4. The minimum Gasteiger partial charge on any atom is -0.375 e. The molecule has 0 saturated carbocycles. The van der Waals surface area contributed by atoms with E-state index in [9.17, 15) is 0 Å². The Labute approximate surface area is 127 Å². The number of rotatable bonds is 4. The van der Waals surface area contributed by atoms with Crippen molar-refractivity contribution >= 4 is 17.0 Å². The van der Waals surface area contributed by atoms with Gasteiger partial charge >= 0.3 is 0 Å². The van der Waals surface area contributed by atoms with Crippen LogP contribution in [-0.4, -0.2) is 19.7 Å². The second-order valence-electron chi connectivity index (χ2n) is 4.87. The molecule has 3 heterocycles. The molecule has 1 unspecified atom stereocenters. The van der Waals surface area contributed by atoms with Crippen molar-refractivity contribution in [3.63, 3.8) is 0 Å². The SMILES string of the molecule is Cc1nc(C)c(C(C)Nc2cccnc2-n2cccn2)s1. The molecule has 0 amide bonds. The molecule has 0 aliphatic heterocycles. The molecule has 0 aliphatic carbocycles. The summed E-state index contributed by atoms with van der Waals surface area (Å²) in [5.74, 6) is 0.799. The largest absolute Gasteiger partial charge is 0.375 e. The molecular formula is C15H17N5S. The lowest BCUT2D eigenvalue weighted by molar-refractivity contribution is 0.831. The molecule has 1 N–H and O–H groups in total. The van der Waals surface area contributed by atoms with Crippen LogP contribution in [0.4, 0.5) is 5.69 Å². The zero-order chi connectivity index (χ0) is 14.8. The van der Waals surface area contributed by atoms with Crippen LogP contribution >= 0.6 is 11.3 Å². The molecular weight excluding hydrogens is 282 g/mol. The third kappa shape index (κ3) is 2.80. The van der Waals surface area contributed by atoms with Crippen LogP contribution < -0.4 is 5.32 Å². The van der Waals surface area contributed by atoms with E-state index in [1.807, 2.05) is 31.3 Å². The molecule has 0 bridgehead atoms. The number of thiazole rings is 1. The summed E-state index contributed by atoms with van der Waals surface area (Å²) in [6, 6.07) is 6.00. The van der Waals surface area contributed by atoms with E-state index in [1.165, 1.54) is 4.88 Å². The van der Waals surface area contributed by atoms with Gasteiger partial charge in [-0.1, -0.05) is 0 Å². The topological polar surface area (TPSA) is 55.6 Å². The van der Waals surface area contributed by atoms with Crippen LogP contribution in [0.3, 0.4) is 0 Å². The number of hydrogen-bond acceptors (Lipinski definition) is 5. The molecule has 0 aromatic carbocycles. The van der Waals surface area contributed by atoms with E-state index in [4.69, 9.17) is 0 Å². The lowest BCUT2D eigenvalue weighted by atomic mass is 10.2. The van der Waals surface area contributed by atoms with E-state index < -0.39 is 0 Å². The fourth-order valence-corrected chi connectivity index (χ4v) is 3.26. The summed E-state index contributed by atoms with van der Waals surface area (Å²) < 4.78 is 1.76. The van der Waals surface area contributed by atoms with Crippen molar-refractivity contribution in [1.82, 2.24) is 19.7 Å². The van der Waals surface area contributed by atoms with Crippen molar-refractivity contribution in [3.05, 3.63) is 52.4 Å². The highest BCUT2D eigenvalue weighted by atomic mass is 32.1. The van der Waals surface area contributed by atoms with Crippen molar-refractivity contribution in [1.29, 1.82) is 0 Å². The third-order valence-corrected chi connectivity index (χ3v) is 4.47. The van der Waals surface area contributed by atoms with E-state index in [1.54, 1.807) is 28.4 Å². The lowest BCUT2D eigenvalue weighted by Gasteiger charge is -2.16. The minimum atomic E-state index is 0.176. The molecule has 6 heteroatoms. The van der Waals surface area contributed by atoms with Gasteiger partial charge in [0.1, 0.15) is 0 Å². The van der Waals surface area contributed by atoms with Gasteiger partial charge in [-0.05, 0) is 39.0 Å². The fourth-order valence-electron chi connectivity index (χ4n) is 2.33. The van der Waals surface area contributed by atoms with Gasteiger partial charge in [0, 0.05) is 23.5 Å². The first kappa shape index (κ1) is 13.8. The summed E-state index contributed by atoms with van der Waals surface area (Å²) in [6.07, 6.45) is 5.41.